The molecule has 0 saturated carbocycles. The summed E-state index contributed by atoms with van der Waals surface area (Å²) in [5, 5.41) is 1.67. The maximum atomic E-state index is 11.5. The molecule has 0 aliphatic rings. The van der Waals surface area contributed by atoms with Gasteiger partial charge in [0.2, 0.25) is 0 Å². The Kier molecular flexibility index (Phi) is 4.38. The molecule has 2 aromatic rings. The molecule has 0 saturated heterocycles. The highest BCUT2D eigenvalue weighted by molar-refractivity contribution is 7.99. The van der Waals surface area contributed by atoms with Crippen LogP contribution in [0, 0.1) is 0 Å². The number of halogens is 1. The van der Waals surface area contributed by atoms with E-state index >= 15 is 0 Å². The number of pyridine rings is 1. The van der Waals surface area contributed by atoms with Crippen LogP contribution in [-0.2, 0) is 6.42 Å². The average Bonchev–Trinajstić information content (AvgIpc) is 2.28. The van der Waals surface area contributed by atoms with Crippen molar-refractivity contribution in [3.63, 3.8) is 0 Å². The molecule has 0 bridgehead atoms. The Morgan fingerprint density at radius 3 is 2.94 bits per heavy atom. The first-order valence-electron chi connectivity index (χ1n) is 5.58. The average molecular weight is 282 g/mol. The number of nitrogens with zero attached hydrogens (tertiary/aromatic N) is 2. The third kappa shape index (κ3) is 3.58. The van der Waals surface area contributed by atoms with Crippen molar-refractivity contribution in [2.24, 2.45) is 0 Å². The van der Waals surface area contributed by atoms with Crippen molar-refractivity contribution in [1.29, 1.82) is 0 Å². The van der Waals surface area contributed by atoms with Crippen LogP contribution in [0.3, 0.4) is 0 Å². The van der Waals surface area contributed by atoms with Gasteiger partial charge in [0.1, 0.15) is 10.2 Å². The number of aromatic nitrogens is 3. The molecule has 0 radical (unpaired) electrons. The molecule has 1 N–H and O–H groups in total. The molecular formula is C12H12ClN3OS. The fourth-order valence-electron chi connectivity index (χ4n) is 1.46. The topological polar surface area (TPSA) is 58.6 Å². The van der Waals surface area contributed by atoms with Crippen molar-refractivity contribution in [3.05, 3.63) is 45.5 Å². The van der Waals surface area contributed by atoms with Crippen molar-refractivity contribution in [2.75, 3.05) is 0 Å². The molecule has 0 fully saturated rings. The molecule has 2 heterocycles. The molecule has 4 nitrogen and oxygen atoms in total. The third-order valence-electron chi connectivity index (χ3n) is 2.17. The van der Waals surface area contributed by atoms with Crippen LogP contribution in [0.4, 0.5) is 0 Å². The van der Waals surface area contributed by atoms with Gasteiger partial charge in [0.05, 0.1) is 0 Å². The van der Waals surface area contributed by atoms with Gasteiger partial charge in [-0.2, -0.15) is 0 Å². The number of aromatic amines is 1. The summed E-state index contributed by atoms with van der Waals surface area (Å²) in [6.45, 7) is 2.05. The molecular weight excluding hydrogens is 270 g/mol. The molecule has 0 aliphatic heterocycles. The smallest absolute Gasteiger partial charge is 0.251 e. The van der Waals surface area contributed by atoms with E-state index in [9.17, 15) is 4.79 Å². The number of hydrogen-bond donors (Lipinski definition) is 1. The van der Waals surface area contributed by atoms with E-state index in [1.807, 2.05) is 19.1 Å². The second-order valence-electron chi connectivity index (χ2n) is 3.69. The lowest BCUT2D eigenvalue weighted by Gasteiger charge is -2.02. The first-order valence-corrected chi connectivity index (χ1v) is 6.77. The molecule has 0 unspecified atom stereocenters. The summed E-state index contributed by atoms with van der Waals surface area (Å²) in [6, 6.07) is 6.86. The highest BCUT2D eigenvalue weighted by atomic mass is 35.5. The molecule has 0 aromatic carbocycles. The Morgan fingerprint density at radius 2 is 2.22 bits per heavy atom. The number of nitrogens with one attached hydrogen (secondary N) is 1. The Hall–Kier alpha value is -1.33. The van der Waals surface area contributed by atoms with Crippen molar-refractivity contribution in [2.45, 2.75) is 29.9 Å². The lowest BCUT2D eigenvalue weighted by Crippen LogP contribution is -2.09. The molecule has 6 heteroatoms. The van der Waals surface area contributed by atoms with Crippen molar-refractivity contribution in [3.8, 4) is 0 Å². The van der Waals surface area contributed by atoms with Gasteiger partial charge in [-0.15, -0.1) is 0 Å². The van der Waals surface area contributed by atoms with Gasteiger partial charge in [-0.1, -0.05) is 31.0 Å². The molecule has 0 atom stereocenters. The van der Waals surface area contributed by atoms with E-state index < -0.39 is 0 Å². The number of aryl methyl sites for hydroxylation is 1. The Morgan fingerprint density at radius 1 is 1.39 bits per heavy atom. The monoisotopic (exact) mass is 281 g/mol. The summed E-state index contributed by atoms with van der Waals surface area (Å²) in [5.41, 5.74) is 0.656. The number of hydrogen-bond acceptors (Lipinski definition) is 4. The summed E-state index contributed by atoms with van der Waals surface area (Å²) in [7, 11) is 0. The molecule has 0 spiro atoms. The summed E-state index contributed by atoms with van der Waals surface area (Å²) in [5.74, 6) is 0. The molecule has 2 rings (SSSR count). The highest BCUT2D eigenvalue weighted by Crippen LogP contribution is 2.23. The van der Waals surface area contributed by atoms with Gasteiger partial charge >= 0.3 is 0 Å². The van der Waals surface area contributed by atoms with Crippen LogP contribution in [-0.4, -0.2) is 15.0 Å². The van der Waals surface area contributed by atoms with Gasteiger partial charge in [0.15, 0.2) is 5.16 Å². The lowest BCUT2D eigenvalue weighted by molar-refractivity contribution is 0.815. The highest BCUT2D eigenvalue weighted by Gasteiger charge is 2.04. The first-order chi connectivity index (χ1) is 8.67. The zero-order valence-corrected chi connectivity index (χ0v) is 11.4. The maximum Gasteiger partial charge on any atom is 0.251 e. The van der Waals surface area contributed by atoms with Crippen molar-refractivity contribution in [1.82, 2.24) is 15.0 Å². The second kappa shape index (κ2) is 6.02. The Balaban J connectivity index is 2.26. The van der Waals surface area contributed by atoms with E-state index in [0.717, 1.165) is 18.5 Å². The third-order valence-corrected chi connectivity index (χ3v) is 3.20. The minimum absolute atomic E-state index is 0.141. The zero-order valence-electron chi connectivity index (χ0n) is 9.81. The Labute approximate surface area is 114 Å². The van der Waals surface area contributed by atoms with Gasteiger partial charge < -0.3 is 4.98 Å². The van der Waals surface area contributed by atoms with Crippen LogP contribution in [0.25, 0.3) is 0 Å². The van der Waals surface area contributed by atoms with E-state index in [-0.39, 0.29) is 5.56 Å². The molecule has 94 valence electrons. The van der Waals surface area contributed by atoms with Gasteiger partial charge in [0, 0.05) is 11.8 Å². The molecule has 2 aromatic heterocycles. The largest absolute Gasteiger partial charge is 0.301 e. The minimum atomic E-state index is -0.141. The maximum absolute atomic E-state index is 11.5. The first kappa shape index (κ1) is 13.1. The predicted octanol–water partition coefficient (Wildman–Crippen LogP) is 2.92. The van der Waals surface area contributed by atoms with Crippen LogP contribution in [0.15, 0.2) is 39.2 Å². The fourth-order valence-corrected chi connectivity index (χ4v) is 2.48. The molecule has 0 aliphatic carbocycles. The Bertz CT molecular complexity index is 600. The molecule has 0 amide bonds. The molecule has 18 heavy (non-hydrogen) atoms. The van der Waals surface area contributed by atoms with Crippen LogP contribution in [0.2, 0.25) is 5.15 Å². The van der Waals surface area contributed by atoms with Gasteiger partial charge in [-0.3, -0.25) is 4.79 Å². The van der Waals surface area contributed by atoms with E-state index in [0.29, 0.717) is 15.3 Å². The zero-order chi connectivity index (χ0) is 13.0. The summed E-state index contributed by atoms with van der Waals surface area (Å²) in [6.07, 6.45) is 1.75. The van der Waals surface area contributed by atoms with Crippen LogP contribution >= 0.6 is 23.4 Å². The fraction of sp³-hybridized carbons (Fsp3) is 0.250. The van der Waals surface area contributed by atoms with Gasteiger partial charge in [-0.05, 0) is 30.3 Å². The van der Waals surface area contributed by atoms with Crippen LogP contribution in [0.1, 0.15) is 19.0 Å². The van der Waals surface area contributed by atoms with Gasteiger partial charge in [0.25, 0.3) is 5.56 Å². The number of H-pyrrole nitrogens is 1. The van der Waals surface area contributed by atoms with Crippen LogP contribution in [0.5, 0.6) is 0 Å². The van der Waals surface area contributed by atoms with Crippen molar-refractivity contribution < 1.29 is 0 Å². The van der Waals surface area contributed by atoms with E-state index in [2.05, 4.69) is 15.0 Å². The summed E-state index contributed by atoms with van der Waals surface area (Å²) >= 11 is 7.10. The van der Waals surface area contributed by atoms with Crippen LogP contribution < -0.4 is 5.56 Å². The van der Waals surface area contributed by atoms with E-state index in [1.54, 1.807) is 6.07 Å². The summed E-state index contributed by atoms with van der Waals surface area (Å²) in [4.78, 5) is 22.7. The SMILES string of the molecule is CCCc1cc(=O)[nH]c(Sc2cccc(Cl)n2)n1. The predicted molar refractivity (Wildman–Crippen MR) is 72.2 cm³/mol. The lowest BCUT2D eigenvalue weighted by atomic mass is 10.2. The van der Waals surface area contributed by atoms with E-state index in [1.165, 1.54) is 17.8 Å². The van der Waals surface area contributed by atoms with E-state index in [4.69, 9.17) is 11.6 Å². The van der Waals surface area contributed by atoms with Crippen molar-refractivity contribution >= 4 is 23.4 Å². The summed E-state index contributed by atoms with van der Waals surface area (Å²) < 4.78 is 0. The second-order valence-corrected chi connectivity index (χ2v) is 5.09. The minimum Gasteiger partial charge on any atom is -0.301 e. The quantitative estimate of drug-likeness (QED) is 0.691. The van der Waals surface area contributed by atoms with Gasteiger partial charge in [-0.25, -0.2) is 9.97 Å². The standard InChI is InChI=1S/C12H12ClN3OS/c1-2-4-8-7-10(17)16-12(14-8)18-11-6-3-5-9(13)15-11/h3,5-7H,2,4H2,1H3,(H,14,16,17). The number of rotatable bonds is 4. The normalized spacial score (nSPS) is 10.6.